The molecule has 0 spiro atoms. The minimum absolute atomic E-state index is 0.277. The highest BCUT2D eigenvalue weighted by molar-refractivity contribution is 5.28. The second-order valence-corrected chi connectivity index (χ2v) is 2.74. The van der Waals surface area contributed by atoms with E-state index in [1.165, 1.54) is 0 Å². The Kier molecular flexibility index (Phi) is 7.84. The Balaban J connectivity index is 4.43. The van der Waals surface area contributed by atoms with Crippen molar-refractivity contribution in [2.75, 3.05) is 20.8 Å². The molecule has 1 N–H and O–H groups in total. The van der Waals surface area contributed by atoms with Crippen LogP contribution in [0, 0.1) is 0 Å². The molecule has 0 rings (SSSR count). The van der Waals surface area contributed by atoms with Crippen LogP contribution in [-0.2, 0) is 4.74 Å². The van der Waals surface area contributed by atoms with Gasteiger partial charge in [0.2, 0.25) is 0 Å². The first-order valence-electron chi connectivity index (χ1n) is 4.57. The fraction of sp³-hybridized carbons (Fsp3) is 0.455. The molecule has 0 atom stereocenters. The van der Waals surface area contributed by atoms with Crippen molar-refractivity contribution in [2.45, 2.75) is 13.3 Å². The third-order valence-electron chi connectivity index (χ3n) is 1.74. The molecule has 14 heavy (non-hydrogen) atoms. The Bertz CT molecular complexity index is 231. The molecule has 0 unspecified atom stereocenters. The Labute approximate surface area is 85.1 Å². The smallest absolute Gasteiger partial charge is 0.0942 e. The molecule has 0 saturated carbocycles. The lowest BCUT2D eigenvalue weighted by molar-refractivity contribution is 0.225. The first-order valence-corrected chi connectivity index (χ1v) is 4.57. The zero-order valence-electron chi connectivity index (χ0n) is 9.01. The lowest BCUT2D eigenvalue weighted by atomic mass is 10.2. The van der Waals surface area contributed by atoms with Crippen molar-refractivity contribution in [3.63, 3.8) is 0 Å². The second-order valence-electron chi connectivity index (χ2n) is 2.74. The summed E-state index contributed by atoms with van der Waals surface area (Å²) in [6, 6.07) is 0. The van der Waals surface area contributed by atoms with Crippen molar-refractivity contribution in [1.82, 2.24) is 5.32 Å². The molecule has 80 valence electrons. The Hall–Kier alpha value is -1.09. The largest absolute Gasteiger partial charge is 0.388 e. The predicted octanol–water partition coefficient (Wildman–Crippen LogP) is 2.56. The number of allylic oxidation sites excluding steroid dienone is 3. The molecule has 0 aliphatic carbocycles. The summed E-state index contributed by atoms with van der Waals surface area (Å²) >= 11 is 0. The summed E-state index contributed by atoms with van der Waals surface area (Å²) < 4.78 is 17.3. The number of likely N-dealkylation sites (N-methyl/N-ethyl adjacent to an activating group) is 1. The topological polar surface area (TPSA) is 21.3 Å². The highest BCUT2D eigenvalue weighted by Gasteiger charge is 2.01. The third-order valence-corrected chi connectivity index (χ3v) is 1.74. The maximum atomic E-state index is 12.4. The number of rotatable bonds is 6. The molecule has 0 aromatic rings. The SMILES string of the molecule is C/C=C/C/C=C(NC)\C(=C\F)COC. The number of nitrogens with one attached hydrogen (secondary N) is 1. The van der Waals surface area contributed by atoms with Gasteiger partial charge in [0.1, 0.15) is 0 Å². The van der Waals surface area contributed by atoms with E-state index in [1.54, 1.807) is 14.2 Å². The fourth-order valence-corrected chi connectivity index (χ4v) is 1.04. The van der Waals surface area contributed by atoms with Crippen LogP contribution in [-0.4, -0.2) is 20.8 Å². The first kappa shape index (κ1) is 12.9. The van der Waals surface area contributed by atoms with E-state index in [9.17, 15) is 4.39 Å². The van der Waals surface area contributed by atoms with Gasteiger partial charge in [0.25, 0.3) is 0 Å². The lowest BCUT2D eigenvalue weighted by Gasteiger charge is -2.08. The van der Waals surface area contributed by atoms with Crippen LogP contribution in [0.2, 0.25) is 0 Å². The number of hydrogen-bond donors (Lipinski definition) is 1. The summed E-state index contributed by atoms with van der Waals surface area (Å²) in [5, 5.41) is 2.94. The standard InChI is InChI=1S/C11H18FNO/c1-4-5-6-7-11(13-2)10(8-12)9-14-3/h4-5,7-8,13H,6,9H2,1-3H3/b5-4+,10-8+,11-7+. The summed E-state index contributed by atoms with van der Waals surface area (Å²) in [5.41, 5.74) is 1.30. The van der Waals surface area contributed by atoms with Gasteiger partial charge in [-0.2, -0.15) is 0 Å². The van der Waals surface area contributed by atoms with Crippen LogP contribution in [0.25, 0.3) is 0 Å². The fourth-order valence-electron chi connectivity index (χ4n) is 1.04. The molecule has 0 heterocycles. The van der Waals surface area contributed by atoms with Gasteiger partial charge in [-0.25, -0.2) is 4.39 Å². The van der Waals surface area contributed by atoms with Crippen LogP contribution in [0.4, 0.5) is 4.39 Å². The van der Waals surface area contributed by atoms with Crippen LogP contribution in [0.5, 0.6) is 0 Å². The Morgan fingerprint density at radius 3 is 2.64 bits per heavy atom. The molecular weight excluding hydrogens is 181 g/mol. The molecule has 0 amide bonds. The minimum Gasteiger partial charge on any atom is -0.388 e. The molecule has 0 saturated heterocycles. The van der Waals surface area contributed by atoms with Gasteiger partial charge in [0.15, 0.2) is 0 Å². The quantitative estimate of drug-likeness (QED) is 0.524. The molecule has 0 aliphatic heterocycles. The van der Waals surface area contributed by atoms with E-state index in [2.05, 4.69) is 5.32 Å². The summed E-state index contributed by atoms with van der Waals surface area (Å²) in [5.74, 6) is 0. The van der Waals surface area contributed by atoms with Gasteiger partial charge in [-0.1, -0.05) is 18.2 Å². The van der Waals surface area contributed by atoms with Crippen molar-refractivity contribution in [2.24, 2.45) is 0 Å². The summed E-state index contributed by atoms with van der Waals surface area (Å²) in [4.78, 5) is 0. The predicted molar refractivity (Wildman–Crippen MR) is 57.6 cm³/mol. The molecule has 2 nitrogen and oxygen atoms in total. The molecular formula is C11H18FNO. The molecule has 3 heteroatoms. The molecule has 0 aliphatic rings. The number of hydrogen-bond acceptors (Lipinski definition) is 2. The van der Waals surface area contributed by atoms with Gasteiger partial charge in [-0.15, -0.1) is 0 Å². The monoisotopic (exact) mass is 199 g/mol. The third kappa shape index (κ3) is 4.82. The summed E-state index contributed by atoms with van der Waals surface area (Å²) in [6.45, 7) is 2.23. The van der Waals surface area contributed by atoms with Crippen molar-refractivity contribution < 1.29 is 9.13 Å². The van der Waals surface area contributed by atoms with Crippen LogP contribution >= 0.6 is 0 Å². The Morgan fingerprint density at radius 1 is 1.50 bits per heavy atom. The van der Waals surface area contributed by atoms with Gasteiger partial charge in [0.05, 0.1) is 12.9 Å². The molecule has 0 aromatic carbocycles. The Morgan fingerprint density at radius 2 is 2.21 bits per heavy atom. The maximum Gasteiger partial charge on any atom is 0.0942 e. The average molecular weight is 199 g/mol. The lowest BCUT2D eigenvalue weighted by Crippen LogP contribution is -2.11. The highest BCUT2D eigenvalue weighted by atomic mass is 19.1. The van der Waals surface area contributed by atoms with Gasteiger partial charge in [0, 0.05) is 25.4 Å². The number of ether oxygens (including phenoxy) is 1. The van der Waals surface area contributed by atoms with E-state index in [0.29, 0.717) is 11.9 Å². The van der Waals surface area contributed by atoms with Crippen molar-refractivity contribution in [1.29, 1.82) is 0 Å². The van der Waals surface area contributed by atoms with E-state index < -0.39 is 0 Å². The number of halogens is 1. The molecule has 0 radical (unpaired) electrons. The molecule has 0 aromatic heterocycles. The van der Waals surface area contributed by atoms with Crippen molar-refractivity contribution in [3.05, 3.63) is 35.8 Å². The zero-order chi connectivity index (χ0) is 10.8. The summed E-state index contributed by atoms with van der Waals surface area (Å²) in [6.07, 6.45) is 7.23. The van der Waals surface area contributed by atoms with E-state index in [4.69, 9.17) is 4.74 Å². The van der Waals surface area contributed by atoms with Gasteiger partial charge in [-0.05, 0) is 13.3 Å². The van der Waals surface area contributed by atoms with Crippen molar-refractivity contribution >= 4 is 0 Å². The van der Waals surface area contributed by atoms with Gasteiger partial charge < -0.3 is 10.1 Å². The van der Waals surface area contributed by atoms with E-state index >= 15 is 0 Å². The highest BCUT2D eigenvalue weighted by Crippen LogP contribution is 2.08. The summed E-state index contributed by atoms with van der Waals surface area (Å²) in [7, 11) is 3.31. The van der Waals surface area contributed by atoms with Gasteiger partial charge in [-0.3, -0.25) is 0 Å². The van der Waals surface area contributed by atoms with Crippen molar-refractivity contribution in [3.8, 4) is 0 Å². The van der Waals surface area contributed by atoms with Crippen LogP contribution < -0.4 is 5.32 Å². The normalized spacial score (nSPS) is 13.7. The molecule has 0 fully saturated rings. The van der Waals surface area contributed by atoms with E-state index in [0.717, 1.165) is 12.1 Å². The van der Waals surface area contributed by atoms with Crippen LogP contribution in [0.15, 0.2) is 35.8 Å². The minimum atomic E-state index is 0.277. The number of methoxy groups -OCH3 is 1. The van der Waals surface area contributed by atoms with Crippen LogP contribution in [0.1, 0.15) is 13.3 Å². The maximum absolute atomic E-state index is 12.4. The first-order chi connectivity index (χ1) is 6.79. The van der Waals surface area contributed by atoms with Gasteiger partial charge >= 0.3 is 0 Å². The second kappa shape index (κ2) is 8.51. The average Bonchev–Trinajstić information content (AvgIpc) is 2.22. The van der Waals surface area contributed by atoms with Crippen LogP contribution in [0.3, 0.4) is 0 Å². The van der Waals surface area contributed by atoms with E-state index in [-0.39, 0.29) is 6.61 Å². The zero-order valence-corrected chi connectivity index (χ0v) is 9.01. The molecule has 0 bridgehead atoms. The van der Waals surface area contributed by atoms with E-state index in [1.807, 2.05) is 25.2 Å².